The third kappa shape index (κ3) is 4.82. The van der Waals surface area contributed by atoms with Gasteiger partial charge in [0, 0.05) is 32.0 Å². The third-order valence-corrected chi connectivity index (χ3v) is 4.55. The molecule has 0 bridgehead atoms. The van der Waals surface area contributed by atoms with E-state index in [2.05, 4.69) is 0 Å². The predicted molar refractivity (Wildman–Crippen MR) is 97.1 cm³/mol. The van der Waals surface area contributed by atoms with Gasteiger partial charge in [0.15, 0.2) is 0 Å². The number of hydrogen-bond donors (Lipinski definition) is 0. The van der Waals surface area contributed by atoms with E-state index in [1.807, 2.05) is 0 Å². The molecule has 0 aliphatic heterocycles. The molecule has 0 saturated heterocycles. The molecule has 2 rings (SSSR count). The highest BCUT2D eigenvalue weighted by atomic mass is 32.2. The van der Waals surface area contributed by atoms with E-state index in [0.717, 1.165) is 11.8 Å². The molecule has 0 radical (unpaired) electrons. The zero-order valence-electron chi connectivity index (χ0n) is 14.6. The van der Waals surface area contributed by atoms with Gasteiger partial charge in [-0.2, -0.15) is 0 Å². The molecule has 1 amide bonds. The van der Waals surface area contributed by atoms with Crippen LogP contribution in [0.3, 0.4) is 0 Å². The summed E-state index contributed by atoms with van der Waals surface area (Å²) >= 11 is 1.15. The summed E-state index contributed by atoms with van der Waals surface area (Å²) in [5.74, 6) is -0.635. The maximum absolute atomic E-state index is 12.3. The Morgan fingerprint density at radius 3 is 2.46 bits per heavy atom. The number of benzene rings is 2. The molecule has 0 atom stereocenters. The van der Waals surface area contributed by atoms with E-state index >= 15 is 0 Å². The fraction of sp³-hybridized carbons (Fsp3) is 0.222. The van der Waals surface area contributed by atoms with Crippen LogP contribution in [-0.2, 0) is 16.1 Å². The Hall–Kier alpha value is -2.87. The molecule has 0 aliphatic rings. The second-order valence-corrected chi connectivity index (χ2v) is 6.72. The fourth-order valence-electron chi connectivity index (χ4n) is 2.16. The Kier molecular flexibility index (Phi) is 6.35. The number of nitro groups is 1. The lowest BCUT2D eigenvalue weighted by Crippen LogP contribution is -2.22. The third-order valence-electron chi connectivity index (χ3n) is 3.41. The topological polar surface area (TPSA) is 89.8 Å². The average molecular weight is 374 g/mol. The predicted octanol–water partition coefficient (Wildman–Crippen LogP) is 3.51. The van der Waals surface area contributed by atoms with Gasteiger partial charge in [0.2, 0.25) is 0 Å². The van der Waals surface area contributed by atoms with Crippen LogP contribution >= 0.6 is 11.8 Å². The first-order valence-electron chi connectivity index (χ1n) is 7.69. The van der Waals surface area contributed by atoms with Gasteiger partial charge < -0.3 is 9.64 Å². The summed E-state index contributed by atoms with van der Waals surface area (Å²) < 4.78 is 4.88. The highest BCUT2D eigenvalue weighted by molar-refractivity contribution is 7.99. The van der Waals surface area contributed by atoms with E-state index in [0.29, 0.717) is 20.9 Å². The summed E-state index contributed by atoms with van der Waals surface area (Å²) in [5.41, 5.74) is 0.890. The summed E-state index contributed by atoms with van der Waals surface area (Å²) in [7, 11) is 3.30. The first kappa shape index (κ1) is 19.5. The molecule has 2 aromatic carbocycles. The number of esters is 1. The van der Waals surface area contributed by atoms with Crippen LogP contribution in [0.5, 0.6) is 0 Å². The van der Waals surface area contributed by atoms with Crippen molar-refractivity contribution in [2.45, 2.75) is 23.3 Å². The maximum atomic E-state index is 12.3. The van der Waals surface area contributed by atoms with Gasteiger partial charge >= 0.3 is 5.97 Å². The number of nitrogens with zero attached hydrogens (tertiary/aromatic N) is 2. The van der Waals surface area contributed by atoms with Gasteiger partial charge in [0.1, 0.15) is 6.61 Å². The van der Waals surface area contributed by atoms with Crippen molar-refractivity contribution >= 4 is 29.3 Å². The SMILES string of the molecule is CC(=O)OCc1ccc(Sc2ccccc2C(=O)N(C)C)c([N+](=O)[O-])c1. The number of nitro benzene ring substituents is 1. The van der Waals surface area contributed by atoms with E-state index in [4.69, 9.17) is 4.74 Å². The van der Waals surface area contributed by atoms with Gasteiger partial charge in [0.05, 0.1) is 15.4 Å². The van der Waals surface area contributed by atoms with Crippen LogP contribution in [0.15, 0.2) is 52.3 Å². The van der Waals surface area contributed by atoms with Crippen LogP contribution in [0.1, 0.15) is 22.8 Å². The minimum atomic E-state index is -0.490. The first-order valence-corrected chi connectivity index (χ1v) is 8.50. The Balaban J connectivity index is 2.37. The van der Waals surface area contributed by atoms with Crippen LogP contribution in [0.4, 0.5) is 5.69 Å². The van der Waals surface area contributed by atoms with Crippen LogP contribution < -0.4 is 0 Å². The second-order valence-electron chi connectivity index (χ2n) is 5.64. The van der Waals surface area contributed by atoms with E-state index in [9.17, 15) is 19.7 Å². The highest BCUT2D eigenvalue weighted by Gasteiger charge is 2.19. The summed E-state index contributed by atoms with van der Waals surface area (Å²) in [5, 5.41) is 11.4. The van der Waals surface area contributed by atoms with Gasteiger partial charge in [-0.05, 0) is 23.8 Å². The zero-order chi connectivity index (χ0) is 19.3. The average Bonchev–Trinajstić information content (AvgIpc) is 2.60. The molecule has 8 heteroatoms. The molecule has 0 aliphatic carbocycles. The van der Waals surface area contributed by atoms with E-state index in [1.54, 1.807) is 50.5 Å². The van der Waals surface area contributed by atoms with E-state index in [1.165, 1.54) is 17.9 Å². The maximum Gasteiger partial charge on any atom is 0.302 e. The minimum absolute atomic E-state index is 0.0309. The van der Waals surface area contributed by atoms with E-state index in [-0.39, 0.29) is 18.2 Å². The Morgan fingerprint density at radius 1 is 1.15 bits per heavy atom. The number of hydrogen-bond acceptors (Lipinski definition) is 6. The molecule has 0 spiro atoms. The summed E-state index contributed by atoms with van der Waals surface area (Å²) in [4.78, 5) is 36.6. The number of ether oxygens (including phenoxy) is 1. The van der Waals surface area contributed by atoms with Crippen molar-refractivity contribution in [1.29, 1.82) is 0 Å². The molecule has 26 heavy (non-hydrogen) atoms. The van der Waals surface area contributed by atoms with Gasteiger partial charge in [-0.3, -0.25) is 19.7 Å². The number of carbonyl (C=O) groups is 2. The molecule has 136 valence electrons. The molecule has 0 heterocycles. The van der Waals surface area contributed by atoms with Crippen LogP contribution in [-0.4, -0.2) is 35.8 Å². The first-order chi connectivity index (χ1) is 12.3. The molecular formula is C18H18N2O5S. The lowest BCUT2D eigenvalue weighted by Gasteiger charge is -2.14. The number of carbonyl (C=O) groups excluding carboxylic acids is 2. The lowest BCUT2D eigenvalue weighted by atomic mass is 10.2. The highest BCUT2D eigenvalue weighted by Crippen LogP contribution is 2.37. The summed E-state index contributed by atoms with van der Waals surface area (Å²) in [6.07, 6.45) is 0. The summed E-state index contributed by atoms with van der Waals surface area (Å²) in [6.45, 7) is 1.24. The van der Waals surface area contributed by atoms with Gasteiger partial charge in [-0.25, -0.2) is 0 Å². The molecule has 0 unspecified atom stereocenters. The molecule has 0 saturated carbocycles. The van der Waals surface area contributed by atoms with Crippen molar-refractivity contribution in [1.82, 2.24) is 4.90 Å². The Labute approximate surface area is 155 Å². The van der Waals surface area contributed by atoms with Crippen LogP contribution in [0.25, 0.3) is 0 Å². The van der Waals surface area contributed by atoms with Crippen LogP contribution in [0.2, 0.25) is 0 Å². The number of rotatable bonds is 6. The second kappa shape index (κ2) is 8.48. The Morgan fingerprint density at radius 2 is 1.85 bits per heavy atom. The largest absolute Gasteiger partial charge is 0.461 e. The smallest absolute Gasteiger partial charge is 0.302 e. The van der Waals surface area contributed by atoms with Crippen molar-refractivity contribution in [2.75, 3.05) is 14.1 Å². The molecule has 2 aromatic rings. The molecule has 0 fully saturated rings. The zero-order valence-corrected chi connectivity index (χ0v) is 15.4. The van der Waals surface area contributed by atoms with Crippen LogP contribution in [0, 0.1) is 10.1 Å². The van der Waals surface area contributed by atoms with Gasteiger partial charge in [-0.1, -0.05) is 30.0 Å². The van der Waals surface area contributed by atoms with Crippen molar-refractivity contribution in [3.63, 3.8) is 0 Å². The van der Waals surface area contributed by atoms with Crippen molar-refractivity contribution in [2.24, 2.45) is 0 Å². The normalized spacial score (nSPS) is 10.3. The van der Waals surface area contributed by atoms with E-state index < -0.39 is 10.9 Å². The standard InChI is InChI=1S/C18H18N2O5S/c1-12(21)25-11-13-8-9-17(15(10-13)20(23)24)26-16-7-5-4-6-14(16)18(22)19(2)3/h4-10H,11H2,1-3H3. The molecule has 0 aromatic heterocycles. The summed E-state index contributed by atoms with van der Waals surface area (Å²) in [6, 6.07) is 11.6. The molecule has 0 N–H and O–H groups in total. The Bertz CT molecular complexity index is 851. The monoisotopic (exact) mass is 374 g/mol. The van der Waals surface area contributed by atoms with Crippen molar-refractivity contribution in [3.05, 3.63) is 63.7 Å². The van der Waals surface area contributed by atoms with Gasteiger partial charge in [-0.15, -0.1) is 0 Å². The quantitative estimate of drug-likeness (QED) is 0.437. The minimum Gasteiger partial charge on any atom is -0.461 e. The molecule has 7 nitrogen and oxygen atoms in total. The fourth-order valence-corrected chi connectivity index (χ4v) is 3.18. The molecular weight excluding hydrogens is 356 g/mol. The number of amides is 1. The van der Waals surface area contributed by atoms with Crippen molar-refractivity contribution in [3.8, 4) is 0 Å². The van der Waals surface area contributed by atoms with Crippen molar-refractivity contribution < 1.29 is 19.2 Å². The lowest BCUT2D eigenvalue weighted by molar-refractivity contribution is -0.387. The van der Waals surface area contributed by atoms with Gasteiger partial charge in [0.25, 0.3) is 11.6 Å².